The van der Waals surface area contributed by atoms with Gasteiger partial charge in [0.25, 0.3) is 0 Å². The van der Waals surface area contributed by atoms with Gasteiger partial charge in [0.15, 0.2) is 0 Å². The number of hydrogen-bond acceptors (Lipinski definition) is 3. The molecule has 0 radical (unpaired) electrons. The number of nitrogens with zero attached hydrogens (tertiary/aromatic N) is 2. The number of anilines is 1. The van der Waals surface area contributed by atoms with Crippen LogP contribution in [0.1, 0.15) is 33.6 Å². The van der Waals surface area contributed by atoms with E-state index in [1.807, 2.05) is 31.6 Å². The molecule has 1 amide bonds. The number of carbonyl (C=O) groups excluding carboxylic acids is 1. The van der Waals surface area contributed by atoms with E-state index in [-0.39, 0.29) is 11.3 Å². The van der Waals surface area contributed by atoms with Gasteiger partial charge in [-0.25, -0.2) is 0 Å². The predicted molar refractivity (Wildman–Crippen MR) is 73.9 cm³/mol. The van der Waals surface area contributed by atoms with E-state index in [0.717, 1.165) is 38.3 Å². The average Bonchev–Trinajstić information content (AvgIpc) is 2.76. The van der Waals surface area contributed by atoms with E-state index in [0.29, 0.717) is 5.92 Å². The summed E-state index contributed by atoms with van der Waals surface area (Å²) in [5.74, 6) is 0.637. The Morgan fingerprint density at radius 3 is 2.79 bits per heavy atom. The molecule has 1 aliphatic rings. The fourth-order valence-corrected chi connectivity index (χ4v) is 2.04. The summed E-state index contributed by atoms with van der Waals surface area (Å²) >= 11 is 0. The van der Waals surface area contributed by atoms with Gasteiger partial charge in [-0.1, -0.05) is 20.8 Å². The molecule has 1 aromatic heterocycles. The smallest absolute Gasteiger partial charge is 0.229 e. The SMILES string of the molecule is CC(C)(C)C(=O)Nc1cnn(CC2CCOCC2)c1. The largest absolute Gasteiger partial charge is 0.381 e. The third kappa shape index (κ3) is 4.06. The van der Waals surface area contributed by atoms with E-state index < -0.39 is 0 Å². The van der Waals surface area contributed by atoms with Crippen LogP contribution in [-0.2, 0) is 16.1 Å². The van der Waals surface area contributed by atoms with Gasteiger partial charge >= 0.3 is 0 Å². The van der Waals surface area contributed by atoms with Crippen molar-refractivity contribution in [3.05, 3.63) is 12.4 Å². The zero-order valence-corrected chi connectivity index (χ0v) is 12.0. The van der Waals surface area contributed by atoms with Crippen LogP contribution in [0.3, 0.4) is 0 Å². The molecule has 0 aliphatic carbocycles. The molecular weight excluding hydrogens is 242 g/mol. The summed E-state index contributed by atoms with van der Waals surface area (Å²) < 4.78 is 7.26. The van der Waals surface area contributed by atoms with Crippen molar-refractivity contribution < 1.29 is 9.53 Å². The van der Waals surface area contributed by atoms with Gasteiger partial charge in [0, 0.05) is 31.4 Å². The average molecular weight is 265 g/mol. The van der Waals surface area contributed by atoms with E-state index in [9.17, 15) is 4.79 Å². The Morgan fingerprint density at radius 1 is 1.47 bits per heavy atom. The summed E-state index contributed by atoms with van der Waals surface area (Å²) in [5, 5.41) is 7.20. The van der Waals surface area contributed by atoms with Crippen molar-refractivity contribution in [3.8, 4) is 0 Å². The lowest BCUT2D eigenvalue weighted by atomic mass is 9.96. The molecule has 1 saturated heterocycles. The van der Waals surface area contributed by atoms with Crippen LogP contribution in [0.15, 0.2) is 12.4 Å². The maximum atomic E-state index is 11.9. The normalized spacial score (nSPS) is 17.4. The minimum atomic E-state index is -0.386. The Balaban J connectivity index is 1.89. The zero-order chi connectivity index (χ0) is 13.9. The van der Waals surface area contributed by atoms with Crippen molar-refractivity contribution in [2.75, 3.05) is 18.5 Å². The number of carbonyl (C=O) groups is 1. The third-order valence-corrected chi connectivity index (χ3v) is 3.36. The molecule has 0 spiro atoms. The highest BCUT2D eigenvalue weighted by molar-refractivity contribution is 5.94. The van der Waals surface area contributed by atoms with Crippen LogP contribution in [0.4, 0.5) is 5.69 Å². The molecule has 1 aromatic rings. The molecule has 0 bridgehead atoms. The number of nitrogens with one attached hydrogen (secondary N) is 1. The number of ether oxygens (including phenoxy) is 1. The lowest BCUT2D eigenvalue weighted by Crippen LogP contribution is -2.27. The molecule has 1 fully saturated rings. The number of rotatable bonds is 3. The van der Waals surface area contributed by atoms with Crippen molar-refractivity contribution in [3.63, 3.8) is 0 Å². The van der Waals surface area contributed by atoms with E-state index in [1.165, 1.54) is 0 Å². The van der Waals surface area contributed by atoms with E-state index in [1.54, 1.807) is 6.20 Å². The van der Waals surface area contributed by atoms with Gasteiger partial charge in [-0.2, -0.15) is 5.10 Å². The second-order valence-electron chi connectivity index (χ2n) is 6.21. The maximum Gasteiger partial charge on any atom is 0.229 e. The Morgan fingerprint density at radius 2 is 2.16 bits per heavy atom. The number of amides is 1. The van der Waals surface area contributed by atoms with Crippen LogP contribution in [0.5, 0.6) is 0 Å². The first-order valence-corrected chi connectivity index (χ1v) is 6.87. The van der Waals surface area contributed by atoms with Crippen LogP contribution < -0.4 is 5.32 Å². The molecule has 0 atom stereocenters. The Bertz CT molecular complexity index is 428. The van der Waals surface area contributed by atoms with E-state index in [2.05, 4.69) is 10.4 Å². The zero-order valence-electron chi connectivity index (χ0n) is 12.0. The minimum Gasteiger partial charge on any atom is -0.381 e. The fraction of sp³-hybridized carbons (Fsp3) is 0.714. The monoisotopic (exact) mass is 265 g/mol. The first-order valence-electron chi connectivity index (χ1n) is 6.87. The second kappa shape index (κ2) is 5.74. The predicted octanol–water partition coefficient (Wildman–Crippen LogP) is 2.29. The summed E-state index contributed by atoms with van der Waals surface area (Å²) in [5.41, 5.74) is 0.384. The summed E-state index contributed by atoms with van der Waals surface area (Å²) in [7, 11) is 0. The highest BCUT2D eigenvalue weighted by Crippen LogP contribution is 2.19. The molecule has 19 heavy (non-hydrogen) atoms. The van der Waals surface area contributed by atoms with Gasteiger partial charge in [-0.15, -0.1) is 0 Å². The quantitative estimate of drug-likeness (QED) is 0.912. The third-order valence-electron chi connectivity index (χ3n) is 3.36. The summed E-state index contributed by atoms with van der Waals surface area (Å²) in [6.45, 7) is 8.28. The standard InChI is InChI=1S/C14H23N3O2/c1-14(2,3)13(18)16-12-8-15-17(10-12)9-11-4-6-19-7-5-11/h8,10-11H,4-7,9H2,1-3H3,(H,16,18). The topological polar surface area (TPSA) is 56.2 Å². The van der Waals surface area contributed by atoms with E-state index in [4.69, 9.17) is 4.74 Å². The lowest BCUT2D eigenvalue weighted by Gasteiger charge is -2.21. The van der Waals surface area contributed by atoms with Crippen molar-refractivity contribution in [1.29, 1.82) is 0 Å². The molecule has 5 heteroatoms. The molecule has 0 unspecified atom stereocenters. The van der Waals surface area contributed by atoms with Gasteiger partial charge in [0.1, 0.15) is 0 Å². The van der Waals surface area contributed by atoms with Gasteiger partial charge in [-0.05, 0) is 18.8 Å². The van der Waals surface area contributed by atoms with Crippen LogP contribution in [-0.4, -0.2) is 28.9 Å². The minimum absolute atomic E-state index is 0.0121. The summed E-state index contributed by atoms with van der Waals surface area (Å²) in [6, 6.07) is 0. The molecule has 0 saturated carbocycles. The van der Waals surface area contributed by atoms with Gasteiger partial charge in [0.2, 0.25) is 5.91 Å². The van der Waals surface area contributed by atoms with Gasteiger partial charge in [0.05, 0.1) is 11.9 Å². The van der Waals surface area contributed by atoms with Gasteiger partial charge in [-0.3, -0.25) is 9.48 Å². The fourth-order valence-electron chi connectivity index (χ4n) is 2.04. The van der Waals surface area contributed by atoms with Crippen LogP contribution in [0.2, 0.25) is 0 Å². The summed E-state index contributed by atoms with van der Waals surface area (Å²) in [4.78, 5) is 11.9. The molecule has 0 aromatic carbocycles. The molecule has 1 aliphatic heterocycles. The lowest BCUT2D eigenvalue weighted by molar-refractivity contribution is -0.123. The van der Waals surface area contributed by atoms with E-state index >= 15 is 0 Å². The highest BCUT2D eigenvalue weighted by Gasteiger charge is 2.22. The summed E-state index contributed by atoms with van der Waals surface area (Å²) in [6.07, 6.45) is 5.79. The number of aromatic nitrogens is 2. The van der Waals surface area contributed by atoms with Crippen LogP contribution >= 0.6 is 0 Å². The van der Waals surface area contributed by atoms with Crippen molar-refractivity contribution in [2.24, 2.45) is 11.3 Å². The molecule has 106 valence electrons. The number of hydrogen-bond donors (Lipinski definition) is 1. The van der Waals surface area contributed by atoms with Crippen molar-refractivity contribution in [1.82, 2.24) is 9.78 Å². The maximum absolute atomic E-state index is 11.9. The van der Waals surface area contributed by atoms with Crippen LogP contribution in [0, 0.1) is 11.3 Å². The molecule has 1 N–H and O–H groups in total. The van der Waals surface area contributed by atoms with Crippen LogP contribution in [0.25, 0.3) is 0 Å². The molecule has 2 heterocycles. The highest BCUT2D eigenvalue weighted by atomic mass is 16.5. The van der Waals surface area contributed by atoms with Crippen molar-refractivity contribution >= 4 is 11.6 Å². The first-order chi connectivity index (χ1) is 8.95. The molecule has 2 rings (SSSR count). The Kier molecular flexibility index (Phi) is 4.24. The Labute approximate surface area is 114 Å². The first kappa shape index (κ1) is 14.1. The Hall–Kier alpha value is -1.36. The molecular formula is C14H23N3O2. The van der Waals surface area contributed by atoms with Gasteiger partial charge < -0.3 is 10.1 Å². The van der Waals surface area contributed by atoms with Crippen molar-refractivity contribution in [2.45, 2.75) is 40.2 Å². The second-order valence-corrected chi connectivity index (χ2v) is 6.21. The molecule has 5 nitrogen and oxygen atoms in total.